The van der Waals surface area contributed by atoms with Gasteiger partial charge < -0.3 is 4.42 Å². The van der Waals surface area contributed by atoms with E-state index in [0.29, 0.717) is 18.6 Å². The molecule has 0 bridgehead atoms. The van der Waals surface area contributed by atoms with E-state index < -0.39 is 18.0 Å². The minimum atomic E-state index is -0.559. The molecule has 0 radical (unpaired) electrons. The standard InChI is InChI=1S/C14H16N4O5/c19-13-8-17(14(20)16-13)15-7-11-5-6-12(23-11)9-1-3-10(4-2-9)18(21)22/h5-7,9-10H,1-4,8H2,(H,16,19,20). The van der Waals surface area contributed by atoms with Gasteiger partial charge in [0, 0.05) is 23.7 Å². The van der Waals surface area contributed by atoms with E-state index in [1.165, 1.54) is 6.21 Å². The number of furan rings is 1. The number of nitrogens with zero attached hydrogens (tertiary/aromatic N) is 3. The first-order valence-electron chi connectivity index (χ1n) is 7.41. The molecule has 1 aliphatic carbocycles. The maximum Gasteiger partial charge on any atom is 0.344 e. The molecule has 0 atom stereocenters. The van der Waals surface area contributed by atoms with E-state index in [2.05, 4.69) is 10.4 Å². The summed E-state index contributed by atoms with van der Waals surface area (Å²) in [7, 11) is 0. The molecule has 0 unspecified atom stereocenters. The smallest absolute Gasteiger partial charge is 0.344 e. The molecule has 1 aromatic heterocycles. The van der Waals surface area contributed by atoms with Crippen molar-refractivity contribution in [3.8, 4) is 0 Å². The van der Waals surface area contributed by atoms with Crippen LogP contribution in [-0.4, -0.2) is 40.7 Å². The van der Waals surface area contributed by atoms with Crippen molar-refractivity contribution in [1.82, 2.24) is 10.3 Å². The van der Waals surface area contributed by atoms with Crippen LogP contribution in [0.25, 0.3) is 0 Å². The fraction of sp³-hybridized carbons (Fsp3) is 0.500. The molecule has 3 rings (SSSR count). The highest BCUT2D eigenvalue weighted by atomic mass is 16.6. The Labute approximate surface area is 131 Å². The fourth-order valence-electron chi connectivity index (χ4n) is 2.88. The number of hydrazone groups is 1. The van der Waals surface area contributed by atoms with Crippen molar-refractivity contribution >= 4 is 18.2 Å². The van der Waals surface area contributed by atoms with Crippen LogP contribution >= 0.6 is 0 Å². The molecule has 23 heavy (non-hydrogen) atoms. The number of rotatable bonds is 4. The maximum absolute atomic E-state index is 11.3. The number of urea groups is 1. The van der Waals surface area contributed by atoms with E-state index in [1.54, 1.807) is 6.07 Å². The van der Waals surface area contributed by atoms with Crippen LogP contribution in [0.5, 0.6) is 0 Å². The van der Waals surface area contributed by atoms with Gasteiger partial charge in [0.25, 0.3) is 0 Å². The second-order valence-electron chi connectivity index (χ2n) is 5.69. The second kappa shape index (κ2) is 6.19. The molecule has 0 aromatic carbocycles. The van der Waals surface area contributed by atoms with Crippen molar-refractivity contribution in [2.24, 2.45) is 5.10 Å². The highest BCUT2D eigenvalue weighted by molar-refractivity contribution is 6.02. The highest BCUT2D eigenvalue weighted by Crippen LogP contribution is 2.34. The van der Waals surface area contributed by atoms with E-state index in [9.17, 15) is 19.7 Å². The lowest BCUT2D eigenvalue weighted by Gasteiger charge is -2.22. The fourth-order valence-corrected chi connectivity index (χ4v) is 2.88. The lowest BCUT2D eigenvalue weighted by molar-refractivity contribution is -0.526. The Morgan fingerprint density at radius 3 is 2.65 bits per heavy atom. The van der Waals surface area contributed by atoms with Gasteiger partial charge in [-0.1, -0.05) is 0 Å². The zero-order valence-electron chi connectivity index (χ0n) is 12.3. The number of carbonyl (C=O) groups excluding carboxylic acids is 2. The van der Waals surface area contributed by atoms with Gasteiger partial charge in [0.15, 0.2) is 0 Å². The van der Waals surface area contributed by atoms with Crippen LogP contribution in [0.2, 0.25) is 0 Å². The number of nitro groups is 1. The topological polar surface area (TPSA) is 118 Å². The van der Waals surface area contributed by atoms with Crippen LogP contribution in [0.4, 0.5) is 4.79 Å². The van der Waals surface area contributed by atoms with Crippen molar-refractivity contribution in [3.05, 3.63) is 33.8 Å². The molecule has 1 saturated carbocycles. The van der Waals surface area contributed by atoms with Crippen LogP contribution in [0.15, 0.2) is 21.7 Å². The molecular weight excluding hydrogens is 304 g/mol. The minimum Gasteiger partial charge on any atom is -0.460 e. The van der Waals surface area contributed by atoms with E-state index in [-0.39, 0.29) is 17.4 Å². The number of amides is 3. The molecule has 3 amide bonds. The predicted octanol–water partition coefficient (Wildman–Crippen LogP) is 1.47. The van der Waals surface area contributed by atoms with Gasteiger partial charge in [-0.3, -0.25) is 20.2 Å². The predicted molar refractivity (Wildman–Crippen MR) is 78.5 cm³/mol. The molecule has 2 heterocycles. The Morgan fingerprint density at radius 1 is 1.30 bits per heavy atom. The number of nitrogens with one attached hydrogen (secondary N) is 1. The third-order valence-corrected chi connectivity index (χ3v) is 4.14. The average Bonchev–Trinajstić information content (AvgIpc) is 3.11. The van der Waals surface area contributed by atoms with Crippen molar-refractivity contribution in [2.45, 2.75) is 37.6 Å². The normalized spacial score (nSPS) is 25.1. The Hall–Kier alpha value is -2.71. The Balaban J connectivity index is 1.59. The number of hydrogen-bond acceptors (Lipinski definition) is 6. The lowest BCUT2D eigenvalue weighted by atomic mass is 9.85. The summed E-state index contributed by atoms with van der Waals surface area (Å²) in [5, 5.41) is 17.8. The molecule has 2 aliphatic rings. The molecule has 9 heteroatoms. The van der Waals surface area contributed by atoms with Crippen molar-refractivity contribution in [1.29, 1.82) is 0 Å². The average molecular weight is 320 g/mol. The van der Waals surface area contributed by atoms with Crippen molar-refractivity contribution in [3.63, 3.8) is 0 Å². The summed E-state index contributed by atoms with van der Waals surface area (Å²) in [5.41, 5.74) is 0. The lowest BCUT2D eigenvalue weighted by Crippen LogP contribution is -2.25. The number of hydrogen-bond donors (Lipinski definition) is 1. The molecule has 2 fully saturated rings. The number of carbonyl (C=O) groups is 2. The van der Waals surface area contributed by atoms with E-state index >= 15 is 0 Å². The van der Waals surface area contributed by atoms with Gasteiger partial charge in [-0.05, 0) is 25.0 Å². The summed E-state index contributed by atoms with van der Waals surface area (Å²) >= 11 is 0. The highest BCUT2D eigenvalue weighted by Gasteiger charge is 2.30. The molecule has 1 aliphatic heterocycles. The van der Waals surface area contributed by atoms with E-state index in [4.69, 9.17) is 4.42 Å². The third-order valence-electron chi connectivity index (χ3n) is 4.14. The summed E-state index contributed by atoms with van der Waals surface area (Å²) in [6, 6.07) is 2.55. The zero-order chi connectivity index (χ0) is 16.4. The van der Waals surface area contributed by atoms with Gasteiger partial charge in [0.05, 0.1) is 6.21 Å². The Morgan fingerprint density at radius 2 is 2.04 bits per heavy atom. The molecule has 0 spiro atoms. The molecule has 1 aromatic rings. The van der Waals surface area contributed by atoms with E-state index in [1.807, 2.05) is 6.07 Å². The van der Waals surface area contributed by atoms with Gasteiger partial charge in [0.2, 0.25) is 11.9 Å². The van der Waals surface area contributed by atoms with Crippen LogP contribution < -0.4 is 5.32 Å². The monoisotopic (exact) mass is 320 g/mol. The maximum atomic E-state index is 11.3. The van der Waals surface area contributed by atoms with Gasteiger partial charge in [-0.2, -0.15) is 5.10 Å². The largest absolute Gasteiger partial charge is 0.460 e. The summed E-state index contributed by atoms with van der Waals surface area (Å²) in [6.45, 7) is -0.103. The quantitative estimate of drug-likeness (QED) is 0.390. The van der Waals surface area contributed by atoms with Gasteiger partial charge >= 0.3 is 6.03 Å². The Bertz CT molecular complexity index is 660. The second-order valence-corrected chi connectivity index (χ2v) is 5.69. The van der Waals surface area contributed by atoms with Crippen LogP contribution in [0.3, 0.4) is 0 Å². The summed E-state index contributed by atoms with van der Waals surface area (Å²) in [4.78, 5) is 32.9. The number of imide groups is 1. The van der Waals surface area contributed by atoms with Gasteiger partial charge in [-0.15, -0.1) is 0 Å². The molecule has 9 nitrogen and oxygen atoms in total. The molecule has 1 saturated heterocycles. The molecule has 1 N–H and O–H groups in total. The van der Waals surface area contributed by atoms with Crippen LogP contribution in [0.1, 0.15) is 43.1 Å². The van der Waals surface area contributed by atoms with Gasteiger partial charge in [-0.25, -0.2) is 9.80 Å². The summed E-state index contributed by atoms with van der Waals surface area (Å²) in [6.07, 6.45) is 3.93. The molecular formula is C14H16N4O5. The Kier molecular flexibility index (Phi) is 4.09. The SMILES string of the molecule is O=C1CN(N=Cc2ccc(C3CCC([N+](=O)[O-])CC3)o2)C(=O)N1. The zero-order valence-corrected chi connectivity index (χ0v) is 12.3. The van der Waals surface area contributed by atoms with Gasteiger partial charge in [0.1, 0.15) is 18.1 Å². The molecule has 122 valence electrons. The summed E-state index contributed by atoms with van der Waals surface area (Å²) in [5.74, 6) is 1.03. The third kappa shape index (κ3) is 3.38. The van der Waals surface area contributed by atoms with Crippen LogP contribution in [-0.2, 0) is 4.79 Å². The van der Waals surface area contributed by atoms with Crippen molar-refractivity contribution < 1.29 is 18.9 Å². The van der Waals surface area contributed by atoms with E-state index in [0.717, 1.165) is 23.6 Å². The first-order valence-corrected chi connectivity index (χ1v) is 7.41. The van der Waals surface area contributed by atoms with Crippen molar-refractivity contribution in [2.75, 3.05) is 6.54 Å². The first kappa shape index (κ1) is 15.2. The first-order chi connectivity index (χ1) is 11.0. The minimum absolute atomic E-state index is 0.103. The van der Waals surface area contributed by atoms with Crippen LogP contribution in [0, 0.1) is 10.1 Å². The summed E-state index contributed by atoms with van der Waals surface area (Å²) < 4.78 is 5.68.